The van der Waals surface area contributed by atoms with Crippen LogP contribution >= 0.6 is 0 Å². The van der Waals surface area contributed by atoms with Crippen molar-refractivity contribution in [3.8, 4) is 0 Å². The molecule has 3 aromatic carbocycles. The highest BCUT2D eigenvalue weighted by atomic mass is 16.2. The molecule has 0 aromatic heterocycles. The van der Waals surface area contributed by atoms with Crippen molar-refractivity contribution in [3.05, 3.63) is 59.7 Å². The molecule has 0 N–H and O–H groups in total. The molecule has 0 saturated heterocycles. The van der Waals surface area contributed by atoms with Crippen molar-refractivity contribution in [1.29, 1.82) is 0 Å². The van der Waals surface area contributed by atoms with Crippen molar-refractivity contribution in [2.75, 3.05) is 0 Å². The summed E-state index contributed by atoms with van der Waals surface area (Å²) < 4.78 is 0. The van der Waals surface area contributed by atoms with Gasteiger partial charge < -0.3 is 0 Å². The Balaban J connectivity index is 2.20. The molecule has 3 aromatic rings. The monoisotopic (exact) mass is 246 g/mol. The van der Waals surface area contributed by atoms with Gasteiger partial charge in [0, 0.05) is 11.1 Å². The van der Waals surface area contributed by atoms with Crippen LogP contribution in [0.1, 0.15) is 27.1 Å². The summed E-state index contributed by atoms with van der Waals surface area (Å²) in [6, 6.07) is 15.8. The number of hydrogen-bond donors (Lipinski definition) is 0. The number of carbonyl (C=O) groups excluding carboxylic acids is 2. The minimum atomic E-state index is -0.0601. The van der Waals surface area contributed by atoms with Crippen LogP contribution in [0.5, 0.6) is 0 Å². The Hall–Kier alpha value is -2.48. The Labute approximate surface area is 109 Å². The van der Waals surface area contributed by atoms with Crippen molar-refractivity contribution >= 4 is 33.1 Å². The Morgan fingerprint density at radius 2 is 1.47 bits per heavy atom. The molecule has 1 aliphatic rings. The van der Waals surface area contributed by atoms with Gasteiger partial charge in [0.2, 0.25) is 0 Å². The number of ketones is 2. The van der Waals surface area contributed by atoms with Crippen LogP contribution in [0, 0.1) is 0 Å². The highest BCUT2D eigenvalue weighted by Gasteiger charge is 2.28. The summed E-state index contributed by atoms with van der Waals surface area (Å²) in [6.07, 6.45) is 0.0152. The molecular weight excluding hydrogens is 236 g/mol. The van der Waals surface area contributed by atoms with E-state index in [4.69, 9.17) is 0 Å². The summed E-state index contributed by atoms with van der Waals surface area (Å²) in [4.78, 5) is 23.8. The quantitative estimate of drug-likeness (QED) is 0.447. The maximum Gasteiger partial charge on any atom is 0.171 e. The zero-order valence-corrected chi connectivity index (χ0v) is 10.1. The Morgan fingerprint density at radius 1 is 0.737 bits per heavy atom. The lowest BCUT2D eigenvalue weighted by Crippen LogP contribution is -1.93. The molecule has 0 aliphatic heterocycles. The van der Waals surface area contributed by atoms with Crippen LogP contribution in [-0.4, -0.2) is 11.6 Å². The summed E-state index contributed by atoms with van der Waals surface area (Å²) in [5.74, 6) is -0.115. The lowest BCUT2D eigenvalue weighted by atomic mass is 9.97. The van der Waals surface area contributed by atoms with E-state index in [1.165, 1.54) is 0 Å². The molecule has 1 aliphatic carbocycles. The summed E-state index contributed by atoms with van der Waals surface area (Å²) in [7, 11) is 0. The second-order valence-corrected chi connectivity index (χ2v) is 4.93. The van der Waals surface area contributed by atoms with Crippen LogP contribution in [0.3, 0.4) is 0 Å². The van der Waals surface area contributed by atoms with Crippen LogP contribution in [0.2, 0.25) is 0 Å². The average Bonchev–Trinajstić information content (AvgIpc) is 2.72. The molecule has 4 rings (SSSR count). The van der Waals surface area contributed by atoms with Crippen molar-refractivity contribution in [3.63, 3.8) is 0 Å². The first-order valence-corrected chi connectivity index (χ1v) is 6.26. The molecule has 19 heavy (non-hydrogen) atoms. The van der Waals surface area contributed by atoms with Gasteiger partial charge in [0.1, 0.15) is 0 Å². The van der Waals surface area contributed by atoms with Crippen molar-refractivity contribution in [1.82, 2.24) is 0 Å². The highest BCUT2D eigenvalue weighted by Crippen LogP contribution is 2.32. The van der Waals surface area contributed by atoms with Gasteiger partial charge in [-0.15, -0.1) is 0 Å². The molecule has 90 valence electrons. The first kappa shape index (κ1) is 10.4. The minimum Gasteiger partial charge on any atom is -0.294 e. The van der Waals surface area contributed by atoms with Gasteiger partial charge in [0.15, 0.2) is 11.6 Å². The van der Waals surface area contributed by atoms with E-state index in [9.17, 15) is 9.59 Å². The third kappa shape index (κ3) is 1.37. The van der Waals surface area contributed by atoms with Crippen molar-refractivity contribution in [2.45, 2.75) is 6.42 Å². The number of rotatable bonds is 0. The fraction of sp³-hybridized carbons (Fsp3) is 0.0588. The van der Waals surface area contributed by atoms with Gasteiger partial charge in [-0.1, -0.05) is 36.4 Å². The molecule has 0 unspecified atom stereocenters. The Kier molecular flexibility index (Phi) is 1.93. The number of carbonyl (C=O) groups is 2. The first-order valence-electron chi connectivity index (χ1n) is 6.26. The van der Waals surface area contributed by atoms with Crippen LogP contribution < -0.4 is 0 Å². The molecule has 0 heterocycles. The van der Waals surface area contributed by atoms with Crippen LogP contribution in [0.15, 0.2) is 48.5 Å². The largest absolute Gasteiger partial charge is 0.294 e. The SMILES string of the molecule is O=C1CC(=O)c2c1ccc1cc3ccccc3cc21. The molecule has 0 atom stereocenters. The van der Waals surface area contributed by atoms with Gasteiger partial charge in [0.05, 0.1) is 6.42 Å². The van der Waals surface area contributed by atoms with E-state index in [0.717, 1.165) is 21.5 Å². The second kappa shape index (κ2) is 3.51. The number of Topliss-reactive ketones (excluding diaryl/α,β-unsaturated/α-hetero) is 2. The normalized spacial score (nSPS) is 14.3. The van der Waals surface area contributed by atoms with Crippen molar-refractivity contribution in [2.24, 2.45) is 0 Å². The summed E-state index contributed by atoms with van der Waals surface area (Å²) in [6.45, 7) is 0. The highest BCUT2D eigenvalue weighted by molar-refractivity contribution is 6.29. The second-order valence-electron chi connectivity index (χ2n) is 4.93. The summed E-state index contributed by atoms with van der Waals surface area (Å²) >= 11 is 0. The summed E-state index contributed by atoms with van der Waals surface area (Å²) in [5, 5.41) is 4.15. The van der Waals surface area contributed by atoms with Gasteiger partial charge in [0.25, 0.3) is 0 Å². The van der Waals surface area contributed by atoms with E-state index in [1.54, 1.807) is 6.07 Å². The van der Waals surface area contributed by atoms with E-state index in [-0.39, 0.29) is 18.0 Å². The third-order valence-corrected chi connectivity index (χ3v) is 3.79. The molecule has 2 nitrogen and oxygen atoms in total. The van der Waals surface area contributed by atoms with Gasteiger partial charge in [-0.3, -0.25) is 9.59 Å². The van der Waals surface area contributed by atoms with Crippen molar-refractivity contribution < 1.29 is 9.59 Å². The van der Waals surface area contributed by atoms with Gasteiger partial charge in [-0.05, 0) is 33.7 Å². The lowest BCUT2D eigenvalue weighted by Gasteiger charge is -2.06. The average molecular weight is 246 g/mol. The van der Waals surface area contributed by atoms with E-state index in [1.807, 2.05) is 30.3 Å². The van der Waals surface area contributed by atoms with Crippen LogP contribution in [0.25, 0.3) is 21.5 Å². The molecule has 0 spiro atoms. The van der Waals surface area contributed by atoms with E-state index >= 15 is 0 Å². The van der Waals surface area contributed by atoms with Gasteiger partial charge >= 0.3 is 0 Å². The van der Waals surface area contributed by atoms with E-state index < -0.39 is 0 Å². The lowest BCUT2D eigenvalue weighted by molar-refractivity contribution is 0.0923. The van der Waals surface area contributed by atoms with E-state index in [0.29, 0.717) is 11.1 Å². The molecule has 2 heteroatoms. The standard InChI is InChI=1S/C17H10O2/c18-15-9-16(19)17-13(15)6-5-12-7-10-3-1-2-4-11(10)8-14(12)17/h1-8H,9H2. The third-order valence-electron chi connectivity index (χ3n) is 3.79. The van der Waals surface area contributed by atoms with Crippen LogP contribution in [0.4, 0.5) is 0 Å². The van der Waals surface area contributed by atoms with Gasteiger partial charge in [-0.25, -0.2) is 0 Å². The minimum absolute atomic E-state index is 0.0152. The zero-order chi connectivity index (χ0) is 13.0. The molecule has 0 radical (unpaired) electrons. The molecule has 0 bridgehead atoms. The summed E-state index contributed by atoms with van der Waals surface area (Å²) in [5.41, 5.74) is 1.18. The number of hydrogen-bond acceptors (Lipinski definition) is 2. The molecule has 0 saturated carbocycles. The number of fused-ring (bicyclic) bond motifs is 4. The maximum absolute atomic E-state index is 12.0. The van der Waals surface area contributed by atoms with E-state index in [2.05, 4.69) is 12.1 Å². The number of benzene rings is 3. The topological polar surface area (TPSA) is 34.1 Å². The fourth-order valence-electron chi connectivity index (χ4n) is 2.88. The molecular formula is C17H10O2. The predicted octanol–water partition coefficient (Wildman–Crippen LogP) is 3.76. The smallest absolute Gasteiger partial charge is 0.171 e. The first-order chi connectivity index (χ1) is 9.24. The van der Waals surface area contributed by atoms with Crippen LogP contribution in [-0.2, 0) is 0 Å². The predicted molar refractivity (Wildman–Crippen MR) is 74.7 cm³/mol. The zero-order valence-electron chi connectivity index (χ0n) is 10.1. The maximum atomic E-state index is 12.0. The molecule has 0 amide bonds. The fourth-order valence-corrected chi connectivity index (χ4v) is 2.88. The molecule has 0 fully saturated rings. The Bertz CT molecular complexity index is 875. The van der Waals surface area contributed by atoms with Gasteiger partial charge in [-0.2, -0.15) is 0 Å². The Morgan fingerprint density at radius 3 is 2.26 bits per heavy atom.